The largest absolute Gasteiger partial charge is 0.479 e. The minimum atomic E-state index is -1.93. The maximum Gasteiger partial charge on any atom is 0.335 e. The van der Waals surface area contributed by atoms with E-state index in [2.05, 4.69) is 154 Å². The first kappa shape index (κ1) is 71.9. The van der Waals surface area contributed by atoms with Gasteiger partial charge in [-0.1, -0.05) is 199 Å². The molecule has 1 fully saturated rings. The Morgan fingerprint density at radius 2 is 0.797 bits per heavy atom. The number of carbonyl (C=O) groups is 4. The lowest BCUT2D eigenvalue weighted by molar-refractivity contribution is -0.301. The number of carboxylic acid groups (broad SMARTS) is 1. The molecule has 0 aromatic carbocycles. The van der Waals surface area contributed by atoms with E-state index in [1.54, 1.807) is 0 Å². The van der Waals surface area contributed by atoms with Crippen LogP contribution < -0.4 is 0 Å². The summed E-state index contributed by atoms with van der Waals surface area (Å²) in [7, 11) is 0. The zero-order valence-corrected chi connectivity index (χ0v) is 48.8. The van der Waals surface area contributed by atoms with Crippen molar-refractivity contribution in [2.45, 2.75) is 250 Å². The molecule has 0 saturated carbocycles. The summed E-state index contributed by atoms with van der Waals surface area (Å²) in [6, 6.07) is 0. The molecule has 3 N–H and O–H groups in total. The van der Waals surface area contributed by atoms with E-state index in [0.717, 1.165) is 154 Å². The number of carbonyl (C=O) groups excluding carboxylic acids is 3. The first-order valence-electron chi connectivity index (χ1n) is 30.2. The van der Waals surface area contributed by atoms with Gasteiger partial charge in [-0.25, -0.2) is 4.79 Å². The van der Waals surface area contributed by atoms with E-state index >= 15 is 0 Å². The lowest BCUT2D eigenvalue weighted by Gasteiger charge is -2.40. The highest BCUT2D eigenvalue weighted by atomic mass is 16.7. The quantitative estimate of drug-likeness (QED) is 0.0228. The van der Waals surface area contributed by atoms with Crippen molar-refractivity contribution in [2.24, 2.45) is 0 Å². The topological polar surface area (TPSA) is 175 Å². The molecule has 12 nitrogen and oxygen atoms in total. The van der Waals surface area contributed by atoms with Crippen LogP contribution in [-0.4, -0.2) is 89.2 Å². The lowest BCUT2D eigenvalue weighted by atomic mass is 9.98. The molecule has 1 heterocycles. The molecule has 1 aliphatic heterocycles. The summed E-state index contributed by atoms with van der Waals surface area (Å²) < 4.78 is 28.4. The van der Waals surface area contributed by atoms with Gasteiger partial charge in [0.05, 0.1) is 6.61 Å². The van der Waals surface area contributed by atoms with Crippen LogP contribution in [0, 0.1) is 0 Å². The van der Waals surface area contributed by atoms with E-state index in [9.17, 15) is 34.5 Å². The standard InChI is InChI=1S/C67H104O12/c1-4-7-10-13-16-19-22-25-27-29-30-32-34-37-40-43-46-49-52-55-61(70)78-65-63(72)62(71)64(66(73)74)79-67(65)76-57-58(77-60(69)54-51-48-45-42-39-35-24-21-18-15-12-9-6-3)56-75-59(68)53-50-47-44-41-38-36-33-31-28-26-23-20-17-14-11-8-5-2/h7-8,10-12,15-17,19-21,24-28,30,32-33,36-37,40,58,62-65,67,71-72H,4-6,9,13-14,18,22-23,29,31,34-35,38-39,41-57H2,1-3H3,(H,73,74)/b10-7-,11-8-,15-12-,19-16-,20-17-,24-21-,27-25-,28-26-,32-30-,36-33-,40-37-. The average Bonchev–Trinajstić information content (AvgIpc) is 3.46. The van der Waals surface area contributed by atoms with Crippen LogP contribution in [0.4, 0.5) is 0 Å². The van der Waals surface area contributed by atoms with Crippen LogP contribution in [0.1, 0.15) is 213 Å². The molecular formula is C67H104O12. The Kier molecular flexibility index (Phi) is 48.7. The maximum absolute atomic E-state index is 13.1. The van der Waals surface area contributed by atoms with Crippen LogP contribution in [0.3, 0.4) is 0 Å². The second-order valence-electron chi connectivity index (χ2n) is 19.9. The van der Waals surface area contributed by atoms with Gasteiger partial charge in [0, 0.05) is 19.3 Å². The molecule has 0 aromatic rings. The molecule has 1 rings (SSSR count). The zero-order valence-electron chi connectivity index (χ0n) is 48.8. The van der Waals surface area contributed by atoms with E-state index in [1.807, 2.05) is 0 Å². The van der Waals surface area contributed by atoms with E-state index in [0.29, 0.717) is 19.3 Å². The van der Waals surface area contributed by atoms with Crippen molar-refractivity contribution in [3.63, 3.8) is 0 Å². The average molecular weight is 1100 g/mol. The van der Waals surface area contributed by atoms with Gasteiger partial charge >= 0.3 is 23.9 Å². The van der Waals surface area contributed by atoms with Crippen molar-refractivity contribution >= 4 is 23.9 Å². The fourth-order valence-electron chi connectivity index (χ4n) is 8.13. The summed E-state index contributed by atoms with van der Waals surface area (Å²) in [6.45, 7) is 5.64. The molecule has 6 unspecified atom stereocenters. The third-order valence-corrected chi connectivity index (χ3v) is 12.7. The fourth-order valence-corrected chi connectivity index (χ4v) is 8.13. The molecule has 0 amide bonds. The summed E-state index contributed by atoms with van der Waals surface area (Å²) in [6.07, 6.45) is 62.7. The fraction of sp³-hybridized carbons (Fsp3) is 0.612. The minimum Gasteiger partial charge on any atom is -0.479 e. The van der Waals surface area contributed by atoms with Crippen molar-refractivity contribution in [3.05, 3.63) is 134 Å². The Hall–Kier alpha value is -5.14. The van der Waals surface area contributed by atoms with Gasteiger partial charge in [-0.2, -0.15) is 0 Å². The molecule has 1 saturated heterocycles. The Labute approximate surface area is 477 Å². The third kappa shape index (κ3) is 43.4. The van der Waals surface area contributed by atoms with Crippen molar-refractivity contribution in [1.82, 2.24) is 0 Å². The lowest BCUT2D eigenvalue weighted by Crippen LogP contribution is -2.61. The summed E-state index contributed by atoms with van der Waals surface area (Å²) in [5.41, 5.74) is 0. The van der Waals surface area contributed by atoms with Gasteiger partial charge < -0.3 is 39.0 Å². The number of hydrogen-bond acceptors (Lipinski definition) is 11. The number of unbranched alkanes of at least 4 members (excludes halogenated alkanes) is 13. The Bertz CT molecular complexity index is 1880. The van der Waals surface area contributed by atoms with E-state index in [-0.39, 0.29) is 25.9 Å². The molecule has 0 bridgehead atoms. The Morgan fingerprint density at radius 3 is 1.23 bits per heavy atom. The van der Waals surface area contributed by atoms with Gasteiger partial charge in [-0.05, 0) is 128 Å². The van der Waals surface area contributed by atoms with Crippen LogP contribution >= 0.6 is 0 Å². The Balaban J connectivity index is 2.73. The van der Waals surface area contributed by atoms with Crippen molar-refractivity contribution in [3.8, 4) is 0 Å². The number of carboxylic acids is 1. The normalized spacial score (nSPS) is 18.8. The van der Waals surface area contributed by atoms with Crippen LogP contribution in [0.5, 0.6) is 0 Å². The molecule has 6 atom stereocenters. The molecule has 79 heavy (non-hydrogen) atoms. The van der Waals surface area contributed by atoms with Gasteiger partial charge in [-0.15, -0.1) is 0 Å². The molecule has 444 valence electrons. The van der Waals surface area contributed by atoms with E-state index < -0.39 is 67.3 Å². The first-order valence-corrected chi connectivity index (χ1v) is 30.2. The smallest absolute Gasteiger partial charge is 0.335 e. The summed E-state index contributed by atoms with van der Waals surface area (Å²) in [5.74, 6) is -3.23. The van der Waals surface area contributed by atoms with Gasteiger partial charge in [0.25, 0.3) is 0 Å². The van der Waals surface area contributed by atoms with Crippen LogP contribution in [0.15, 0.2) is 134 Å². The van der Waals surface area contributed by atoms with E-state index in [4.69, 9.17) is 23.7 Å². The monoisotopic (exact) mass is 1100 g/mol. The second kappa shape index (κ2) is 53.5. The summed E-state index contributed by atoms with van der Waals surface area (Å²) in [5, 5.41) is 31.5. The predicted molar refractivity (Wildman–Crippen MR) is 321 cm³/mol. The number of allylic oxidation sites excluding steroid dienone is 22. The number of ether oxygens (including phenoxy) is 5. The molecule has 0 radical (unpaired) electrons. The van der Waals surface area contributed by atoms with Gasteiger partial charge in [0.1, 0.15) is 18.8 Å². The Morgan fingerprint density at radius 1 is 0.430 bits per heavy atom. The number of esters is 3. The second-order valence-corrected chi connectivity index (χ2v) is 19.9. The first-order chi connectivity index (χ1) is 38.6. The predicted octanol–water partition coefficient (Wildman–Crippen LogP) is 15.8. The summed E-state index contributed by atoms with van der Waals surface area (Å²) >= 11 is 0. The zero-order chi connectivity index (χ0) is 57.5. The van der Waals surface area contributed by atoms with Crippen molar-refractivity contribution in [1.29, 1.82) is 0 Å². The number of aliphatic carboxylic acids is 1. The van der Waals surface area contributed by atoms with Crippen molar-refractivity contribution < 1.29 is 58.2 Å². The SMILES string of the molecule is CC/C=C\C/C=C\C/C=C\C/C=C\C/C=C\CCCCCC(=O)OC1C(OCC(COC(=O)CCCCCC/C=C\C/C=C\C/C=C\C/C=C\CC)OC(=O)CCCCCCC/C=C\C/C=C\CCC)OC(C(=O)O)C(O)C1O. The van der Waals surface area contributed by atoms with Gasteiger partial charge in [0.15, 0.2) is 24.6 Å². The third-order valence-electron chi connectivity index (χ3n) is 12.7. The molecule has 0 aliphatic carbocycles. The molecule has 1 aliphatic rings. The molecule has 12 heteroatoms. The summed E-state index contributed by atoms with van der Waals surface area (Å²) in [4.78, 5) is 51.2. The van der Waals surface area contributed by atoms with Crippen LogP contribution in [-0.2, 0) is 42.9 Å². The highest BCUT2D eigenvalue weighted by Crippen LogP contribution is 2.26. The van der Waals surface area contributed by atoms with E-state index in [1.165, 1.54) is 0 Å². The highest BCUT2D eigenvalue weighted by molar-refractivity contribution is 5.74. The number of rotatable bonds is 49. The van der Waals surface area contributed by atoms with Crippen LogP contribution in [0.2, 0.25) is 0 Å². The number of hydrogen-bond donors (Lipinski definition) is 3. The maximum atomic E-state index is 13.1. The number of aliphatic hydroxyl groups is 2. The van der Waals surface area contributed by atoms with Crippen LogP contribution in [0.25, 0.3) is 0 Å². The van der Waals surface area contributed by atoms with Crippen molar-refractivity contribution in [2.75, 3.05) is 13.2 Å². The van der Waals surface area contributed by atoms with Gasteiger partial charge in [-0.3, -0.25) is 14.4 Å². The molecule has 0 spiro atoms. The number of aliphatic hydroxyl groups excluding tert-OH is 2. The molecular weight excluding hydrogens is 997 g/mol. The highest BCUT2D eigenvalue weighted by Gasteiger charge is 2.50. The molecule has 0 aromatic heterocycles. The van der Waals surface area contributed by atoms with Gasteiger partial charge in [0.2, 0.25) is 0 Å². The minimum absolute atomic E-state index is 0.00952.